The van der Waals surface area contributed by atoms with Crippen LogP contribution in [0.25, 0.3) is 16.3 Å². The standard InChI is InChI=1S/C38H29ClN4O3S2/c1-24-15-20-31-33(21-24)48-38(42-31)43-37(46)34(26-10-4-2-5-11-26)47-30-18-16-29(17-19-30)40-36(45)32(23-25-9-8-14-28(39)22-25)41-35(44)27-12-6-3-7-13-27/h2-23,34H,1H3,(H,40,45)(H,41,44)(H,42,43,46)/b32-23-. The third-order valence-corrected chi connectivity index (χ3v) is 9.60. The number of benzene rings is 5. The summed E-state index contributed by atoms with van der Waals surface area (Å²) in [5, 5.41) is 9.11. The van der Waals surface area contributed by atoms with Gasteiger partial charge in [0.1, 0.15) is 10.9 Å². The minimum Gasteiger partial charge on any atom is -0.321 e. The Morgan fingerprint density at radius 2 is 1.54 bits per heavy atom. The molecule has 5 aromatic carbocycles. The average molecular weight is 689 g/mol. The number of hydrogen-bond acceptors (Lipinski definition) is 6. The van der Waals surface area contributed by atoms with Crippen LogP contribution >= 0.6 is 34.7 Å². The molecule has 238 valence electrons. The number of halogens is 1. The van der Waals surface area contributed by atoms with E-state index in [1.165, 1.54) is 23.1 Å². The van der Waals surface area contributed by atoms with Crippen molar-refractivity contribution < 1.29 is 14.4 Å². The molecule has 10 heteroatoms. The number of amides is 3. The van der Waals surface area contributed by atoms with E-state index in [0.29, 0.717) is 27.0 Å². The molecule has 0 radical (unpaired) electrons. The minimum atomic E-state index is -0.555. The molecule has 1 heterocycles. The summed E-state index contributed by atoms with van der Waals surface area (Å²) in [4.78, 5) is 45.5. The SMILES string of the molecule is Cc1ccc2nc(NC(=O)C(Sc3ccc(NC(=O)/C(=C/c4cccc(Cl)c4)NC(=O)c4ccccc4)cc3)c3ccccc3)sc2c1. The van der Waals surface area contributed by atoms with E-state index in [4.69, 9.17) is 11.6 Å². The Labute approximate surface area is 291 Å². The summed E-state index contributed by atoms with van der Waals surface area (Å²) in [6.45, 7) is 2.02. The lowest BCUT2D eigenvalue weighted by Gasteiger charge is -2.16. The van der Waals surface area contributed by atoms with Crippen LogP contribution < -0.4 is 16.0 Å². The molecular weight excluding hydrogens is 660 g/mol. The maximum Gasteiger partial charge on any atom is 0.272 e. The van der Waals surface area contributed by atoms with Crippen LogP contribution in [0.2, 0.25) is 5.02 Å². The molecule has 1 aromatic heterocycles. The fourth-order valence-electron chi connectivity index (χ4n) is 4.81. The first-order valence-corrected chi connectivity index (χ1v) is 17.0. The second-order valence-electron chi connectivity index (χ2n) is 10.8. The maximum atomic E-state index is 13.6. The molecule has 7 nitrogen and oxygen atoms in total. The summed E-state index contributed by atoms with van der Waals surface area (Å²) in [5.74, 6) is -1.12. The highest BCUT2D eigenvalue weighted by molar-refractivity contribution is 8.00. The van der Waals surface area contributed by atoms with Crippen LogP contribution in [-0.4, -0.2) is 22.7 Å². The third kappa shape index (κ3) is 8.38. The summed E-state index contributed by atoms with van der Waals surface area (Å²) in [5.41, 5.74) is 4.45. The van der Waals surface area contributed by atoms with E-state index < -0.39 is 17.1 Å². The van der Waals surface area contributed by atoms with Crippen molar-refractivity contribution in [3.63, 3.8) is 0 Å². The number of rotatable bonds is 10. The Kier molecular flexibility index (Phi) is 10.3. The number of hydrogen-bond donors (Lipinski definition) is 3. The van der Waals surface area contributed by atoms with E-state index in [9.17, 15) is 14.4 Å². The molecule has 0 saturated carbocycles. The van der Waals surface area contributed by atoms with Crippen molar-refractivity contribution >= 4 is 79.5 Å². The van der Waals surface area contributed by atoms with Crippen LogP contribution in [0.15, 0.2) is 138 Å². The van der Waals surface area contributed by atoms with E-state index >= 15 is 0 Å². The first-order chi connectivity index (χ1) is 23.3. The van der Waals surface area contributed by atoms with Crippen LogP contribution in [0.1, 0.15) is 32.3 Å². The van der Waals surface area contributed by atoms with E-state index in [0.717, 1.165) is 26.2 Å². The number of aromatic nitrogens is 1. The highest BCUT2D eigenvalue weighted by Crippen LogP contribution is 2.37. The highest BCUT2D eigenvalue weighted by Gasteiger charge is 2.24. The predicted octanol–water partition coefficient (Wildman–Crippen LogP) is 9.14. The number of thiazole rings is 1. The van der Waals surface area contributed by atoms with Crippen molar-refractivity contribution in [2.45, 2.75) is 17.1 Å². The number of fused-ring (bicyclic) bond motifs is 1. The number of nitrogens with zero attached hydrogens (tertiary/aromatic N) is 1. The Balaban J connectivity index is 1.18. The van der Waals surface area contributed by atoms with Crippen molar-refractivity contribution in [1.82, 2.24) is 10.3 Å². The molecule has 1 atom stereocenters. The number of carbonyl (C=O) groups excluding carboxylic acids is 3. The lowest BCUT2D eigenvalue weighted by molar-refractivity contribution is -0.116. The smallest absolute Gasteiger partial charge is 0.272 e. The topological polar surface area (TPSA) is 100 Å². The van der Waals surface area contributed by atoms with E-state index in [2.05, 4.69) is 27.0 Å². The summed E-state index contributed by atoms with van der Waals surface area (Å²) >= 11 is 9.00. The molecule has 0 spiro atoms. The van der Waals surface area contributed by atoms with Crippen LogP contribution in [0.4, 0.5) is 10.8 Å². The zero-order chi connectivity index (χ0) is 33.5. The summed E-state index contributed by atoms with van der Waals surface area (Å²) in [6, 6.07) is 38.4. The van der Waals surface area contributed by atoms with Gasteiger partial charge in [-0.05, 0) is 90.4 Å². The molecule has 0 bridgehead atoms. The van der Waals surface area contributed by atoms with Crippen LogP contribution in [0.3, 0.4) is 0 Å². The van der Waals surface area contributed by atoms with Gasteiger partial charge >= 0.3 is 0 Å². The quantitative estimate of drug-likeness (QED) is 0.0985. The van der Waals surface area contributed by atoms with Gasteiger partial charge in [-0.1, -0.05) is 89.7 Å². The van der Waals surface area contributed by atoms with Gasteiger partial charge in [0.25, 0.3) is 11.8 Å². The van der Waals surface area contributed by atoms with Crippen molar-refractivity contribution in [3.8, 4) is 0 Å². The molecular formula is C38H29ClN4O3S2. The van der Waals surface area contributed by atoms with Gasteiger partial charge in [-0.25, -0.2) is 4.98 Å². The Hall–Kier alpha value is -5.22. The molecule has 0 aliphatic carbocycles. The molecule has 3 N–H and O–H groups in total. The third-order valence-electron chi connectivity index (χ3n) is 7.17. The summed E-state index contributed by atoms with van der Waals surface area (Å²) in [6.07, 6.45) is 1.57. The first-order valence-electron chi connectivity index (χ1n) is 15.0. The second kappa shape index (κ2) is 15.1. The number of nitrogens with one attached hydrogen (secondary N) is 3. The lowest BCUT2D eigenvalue weighted by atomic mass is 10.1. The van der Waals surface area contributed by atoms with Crippen molar-refractivity contribution in [2.24, 2.45) is 0 Å². The fourth-order valence-corrected chi connectivity index (χ4v) is 7.00. The van der Waals surface area contributed by atoms with Gasteiger partial charge in [-0.3, -0.25) is 14.4 Å². The zero-order valence-corrected chi connectivity index (χ0v) is 28.0. The lowest BCUT2D eigenvalue weighted by Crippen LogP contribution is -2.30. The zero-order valence-electron chi connectivity index (χ0n) is 25.6. The number of aryl methyl sites for hydroxylation is 1. The average Bonchev–Trinajstić information content (AvgIpc) is 3.49. The van der Waals surface area contributed by atoms with Gasteiger partial charge in [-0.2, -0.15) is 0 Å². The summed E-state index contributed by atoms with van der Waals surface area (Å²) in [7, 11) is 0. The number of carbonyl (C=O) groups is 3. The molecule has 0 fully saturated rings. The van der Waals surface area contributed by atoms with Crippen LogP contribution in [0, 0.1) is 6.92 Å². The monoisotopic (exact) mass is 688 g/mol. The predicted molar refractivity (Wildman–Crippen MR) is 196 cm³/mol. The van der Waals surface area contributed by atoms with E-state index in [-0.39, 0.29) is 11.6 Å². The summed E-state index contributed by atoms with van der Waals surface area (Å²) < 4.78 is 1.01. The molecule has 0 saturated heterocycles. The molecule has 6 rings (SSSR count). The van der Waals surface area contributed by atoms with Gasteiger partial charge in [0.15, 0.2) is 5.13 Å². The van der Waals surface area contributed by atoms with Crippen molar-refractivity contribution in [2.75, 3.05) is 10.6 Å². The van der Waals surface area contributed by atoms with Crippen LogP contribution in [0.5, 0.6) is 0 Å². The van der Waals surface area contributed by atoms with Crippen LogP contribution in [-0.2, 0) is 9.59 Å². The van der Waals surface area contributed by atoms with Gasteiger partial charge in [0.05, 0.1) is 10.2 Å². The highest BCUT2D eigenvalue weighted by atomic mass is 35.5. The Morgan fingerprint density at radius 3 is 2.27 bits per heavy atom. The first kappa shape index (κ1) is 32.7. The Morgan fingerprint density at radius 1 is 0.812 bits per heavy atom. The van der Waals surface area contributed by atoms with Crippen molar-refractivity contribution in [3.05, 3.63) is 160 Å². The normalized spacial score (nSPS) is 11.9. The maximum absolute atomic E-state index is 13.6. The number of thioether (sulfide) groups is 1. The van der Waals surface area contributed by atoms with Gasteiger partial charge in [0.2, 0.25) is 5.91 Å². The van der Waals surface area contributed by atoms with Crippen molar-refractivity contribution in [1.29, 1.82) is 0 Å². The van der Waals surface area contributed by atoms with E-state index in [1.807, 2.05) is 67.6 Å². The molecule has 1 unspecified atom stereocenters. The molecule has 6 aromatic rings. The van der Waals surface area contributed by atoms with E-state index in [1.54, 1.807) is 66.7 Å². The molecule has 3 amide bonds. The molecule has 0 aliphatic rings. The van der Waals surface area contributed by atoms with Gasteiger partial charge < -0.3 is 16.0 Å². The minimum absolute atomic E-state index is 0.0513. The largest absolute Gasteiger partial charge is 0.321 e. The molecule has 48 heavy (non-hydrogen) atoms. The number of anilines is 2. The fraction of sp³-hybridized carbons (Fsp3) is 0.0526. The second-order valence-corrected chi connectivity index (χ2v) is 13.4. The Bertz CT molecular complexity index is 2120. The van der Waals surface area contributed by atoms with Gasteiger partial charge in [-0.15, -0.1) is 11.8 Å². The molecule has 0 aliphatic heterocycles. The van der Waals surface area contributed by atoms with Gasteiger partial charge in [0, 0.05) is 21.2 Å².